The molecule has 0 radical (unpaired) electrons. The molecule has 0 aliphatic carbocycles. The summed E-state index contributed by atoms with van der Waals surface area (Å²) in [6.45, 7) is 4.37. The lowest BCUT2D eigenvalue weighted by atomic mass is 10.1. The van der Waals surface area contributed by atoms with Crippen molar-refractivity contribution in [2.45, 2.75) is 26.0 Å². The fourth-order valence-electron chi connectivity index (χ4n) is 1.92. The summed E-state index contributed by atoms with van der Waals surface area (Å²) in [4.78, 5) is 11.4. The number of carboxylic acids is 1. The number of para-hydroxylation sites is 1. The van der Waals surface area contributed by atoms with Crippen LogP contribution in [0, 0.1) is 5.92 Å². The van der Waals surface area contributed by atoms with Gasteiger partial charge in [0.15, 0.2) is 0 Å². The number of benzene rings is 1. The Morgan fingerprint density at radius 1 is 1.37 bits per heavy atom. The van der Waals surface area contributed by atoms with E-state index in [4.69, 9.17) is 4.42 Å². The highest BCUT2D eigenvalue weighted by Gasteiger charge is 2.19. The summed E-state index contributed by atoms with van der Waals surface area (Å²) in [7, 11) is 0. The number of carbonyl (C=O) groups is 1. The molecule has 0 spiro atoms. The third kappa shape index (κ3) is 3.32. The number of hydrogen-bond acceptors (Lipinski definition) is 3. The second-order valence-corrected chi connectivity index (χ2v) is 6.04. The predicted octanol–water partition coefficient (Wildman–Crippen LogP) is 4.41. The average Bonchev–Trinajstić information content (AvgIpc) is 2.72. The lowest BCUT2D eigenvalue weighted by Gasteiger charge is -2.03. The first-order chi connectivity index (χ1) is 9.09. The van der Waals surface area contributed by atoms with Gasteiger partial charge in [-0.15, -0.1) is 0 Å². The average molecular weight is 278 g/mol. The van der Waals surface area contributed by atoms with Gasteiger partial charge in [-0.2, -0.15) is 11.8 Å². The highest BCUT2D eigenvalue weighted by atomic mass is 32.2. The summed E-state index contributed by atoms with van der Waals surface area (Å²) in [5.41, 5.74) is 0.965. The van der Waals surface area contributed by atoms with Crippen LogP contribution in [0.3, 0.4) is 0 Å². The molecule has 0 saturated carbocycles. The molecule has 19 heavy (non-hydrogen) atoms. The van der Waals surface area contributed by atoms with E-state index in [2.05, 4.69) is 13.8 Å². The molecule has 2 aromatic rings. The molecule has 0 aliphatic heterocycles. The van der Waals surface area contributed by atoms with Crippen LogP contribution in [-0.4, -0.2) is 16.8 Å². The van der Waals surface area contributed by atoms with Gasteiger partial charge < -0.3 is 9.52 Å². The Morgan fingerprint density at radius 2 is 2.11 bits per heavy atom. The summed E-state index contributed by atoms with van der Waals surface area (Å²) < 4.78 is 5.67. The second kappa shape index (κ2) is 6.15. The smallest absolute Gasteiger partial charge is 0.339 e. The van der Waals surface area contributed by atoms with Crippen molar-refractivity contribution in [2.75, 3.05) is 5.75 Å². The fourth-order valence-corrected chi connectivity index (χ4v) is 3.09. The molecule has 3 nitrogen and oxygen atoms in total. The minimum atomic E-state index is -0.913. The Labute approximate surface area is 117 Å². The number of carboxylic acid groups (broad SMARTS) is 1. The van der Waals surface area contributed by atoms with Crippen molar-refractivity contribution in [1.29, 1.82) is 0 Å². The van der Waals surface area contributed by atoms with E-state index in [1.54, 1.807) is 17.8 Å². The quantitative estimate of drug-likeness (QED) is 0.795. The maximum atomic E-state index is 11.4. The first kappa shape index (κ1) is 14.0. The SMILES string of the molecule is CC(C)CCSCc1oc2ccccc2c1C(=O)O. The molecule has 1 N–H and O–H groups in total. The molecule has 1 aromatic carbocycles. The molecule has 4 heteroatoms. The monoisotopic (exact) mass is 278 g/mol. The van der Waals surface area contributed by atoms with Crippen LogP contribution in [0.2, 0.25) is 0 Å². The summed E-state index contributed by atoms with van der Waals surface area (Å²) >= 11 is 1.72. The van der Waals surface area contributed by atoms with Gasteiger partial charge in [-0.3, -0.25) is 0 Å². The number of aromatic carboxylic acids is 1. The zero-order chi connectivity index (χ0) is 13.8. The lowest BCUT2D eigenvalue weighted by molar-refractivity contribution is 0.0697. The van der Waals surface area contributed by atoms with Gasteiger partial charge >= 0.3 is 5.97 Å². The van der Waals surface area contributed by atoms with Gasteiger partial charge in [0.05, 0.1) is 5.75 Å². The van der Waals surface area contributed by atoms with Crippen LogP contribution >= 0.6 is 11.8 Å². The zero-order valence-electron chi connectivity index (χ0n) is 11.2. The molecule has 1 heterocycles. The number of thioether (sulfide) groups is 1. The molecule has 1 aromatic heterocycles. The second-order valence-electron chi connectivity index (χ2n) is 4.94. The molecular weight excluding hydrogens is 260 g/mol. The lowest BCUT2D eigenvalue weighted by Crippen LogP contribution is -1.99. The highest BCUT2D eigenvalue weighted by Crippen LogP contribution is 2.29. The summed E-state index contributed by atoms with van der Waals surface area (Å²) in [5, 5.41) is 10.0. The van der Waals surface area contributed by atoms with E-state index < -0.39 is 5.97 Å². The minimum absolute atomic E-state index is 0.313. The first-order valence-corrected chi connectivity index (χ1v) is 7.56. The van der Waals surface area contributed by atoms with Crippen LogP contribution in [0.4, 0.5) is 0 Å². The Bertz CT molecular complexity index is 572. The molecule has 0 atom stereocenters. The van der Waals surface area contributed by atoms with Crippen LogP contribution in [0.25, 0.3) is 11.0 Å². The number of fused-ring (bicyclic) bond motifs is 1. The van der Waals surface area contributed by atoms with E-state index in [-0.39, 0.29) is 0 Å². The Balaban J connectivity index is 2.17. The number of furan rings is 1. The normalized spacial score (nSPS) is 11.3. The summed E-state index contributed by atoms with van der Waals surface area (Å²) in [6.07, 6.45) is 1.13. The van der Waals surface area contributed by atoms with Crippen molar-refractivity contribution in [3.63, 3.8) is 0 Å². The molecule has 0 unspecified atom stereocenters. The molecule has 0 aliphatic rings. The van der Waals surface area contributed by atoms with Crippen LogP contribution in [0.1, 0.15) is 36.4 Å². The van der Waals surface area contributed by atoms with Gasteiger partial charge in [-0.25, -0.2) is 4.79 Å². The molecule has 0 saturated heterocycles. The van der Waals surface area contributed by atoms with Crippen molar-refractivity contribution in [2.24, 2.45) is 5.92 Å². The summed E-state index contributed by atoms with van der Waals surface area (Å²) in [6, 6.07) is 7.29. The fraction of sp³-hybridized carbons (Fsp3) is 0.400. The molecule has 0 amide bonds. The third-order valence-electron chi connectivity index (χ3n) is 2.95. The van der Waals surface area contributed by atoms with Crippen molar-refractivity contribution in [1.82, 2.24) is 0 Å². The molecule has 102 valence electrons. The van der Waals surface area contributed by atoms with Crippen LogP contribution < -0.4 is 0 Å². The maximum Gasteiger partial charge on any atom is 0.339 e. The van der Waals surface area contributed by atoms with Gasteiger partial charge in [-0.1, -0.05) is 32.0 Å². The Morgan fingerprint density at radius 3 is 2.79 bits per heavy atom. The van der Waals surface area contributed by atoms with E-state index in [0.717, 1.165) is 12.2 Å². The van der Waals surface area contributed by atoms with Gasteiger partial charge in [0.2, 0.25) is 0 Å². The van der Waals surface area contributed by atoms with Gasteiger partial charge in [0, 0.05) is 5.39 Å². The predicted molar refractivity (Wildman–Crippen MR) is 78.8 cm³/mol. The topological polar surface area (TPSA) is 50.4 Å². The van der Waals surface area contributed by atoms with Crippen molar-refractivity contribution in [3.8, 4) is 0 Å². The van der Waals surface area contributed by atoms with E-state index in [1.807, 2.05) is 18.2 Å². The molecular formula is C15H18O3S. The van der Waals surface area contributed by atoms with E-state index in [1.165, 1.54) is 0 Å². The standard InChI is InChI=1S/C15H18O3S/c1-10(2)7-8-19-9-13-14(15(16)17)11-5-3-4-6-12(11)18-13/h3-6,10H,7-9H2,1-2H3,(H,16,17). The van der Waals surface area contributed by atoms with Crippen LogP contribution in [-0.2, 0) is 5.75 Å². The maximum absolute atomic E-state index is 11.4. The highest BCUT2D eigenvalue weighted by molar-refractivity contribution is 7.98. The van der Waals surface area contributed by atoms with Crippen LogP contribution in [0.5, 0.6) is 0 Å². The van der Waals surface area contributed by atoms with E-state index >= 15 is 0 Å². The number of hydrogen-bond donors (Lipinski definition) is 1. The van der Waals surface area contributed by atoms with Gasteiger partial charge in [0.1, 0.15) is 16.9 Å². The first-order valence-electron chi connectivity index (χ1n) is 6.41. The largest absolute Gasteiger partial charge is 0.478 e. The van der Waals surface area contributed by atoms with Crippen LogP contribution in [0.15, 0.2) is 28.7 Å². The van der Waals surface area contributed by atoms with Gasteiger partial charge in [0.25, 0.3) is 0 Å². The Kier molecular flexibility index (Phi) is 4.53. The van der Waals surface area contributed by atoms with E-state index in [9.17, 15) is 9.90 Å². The van der Waals surface area contributed by atoms with Crippen molar-refractivity contribution < 1.29 is 14.3 Å². The third-order valence-corrected chi connectivity index (χ3v) is 3.95. The summed E-state index contributed by atoms with van der Waals surface area (Å²) in [5.74, 6) is 1.96. The Hall–Kier alpha value is -1.42. The minimum Gasteiger partial charge on any atom is -0.478 e. The molecule has 0 fully saturated rings. The number of rotatable bonds is 6. The van der Waals surface area contributed by atoms with Crippen molar-refractivity contribution >= 4 is 28.7 Å². The van der Waals surface area contributed by atoms with E-state index in [0.29, 0.717) is 34.0 Å². The molecule has 0 bridgehead atoms. The van der Waals surface area contributed by atoms with Gasteiger partial charge in [-0.05, 0) is 24.2 Å². The molecule has 2 rings (SSSR count). The zero-order valence-corrected chi connectivity index (χ0v) is 12.0. The van der Waals surface area contributed by atoms with Crippen molar-refractivity contribution in [3.05, 3.63) is 35.6 Å².